The van der Waals surface area contributed by atoms with Gasteiger partial charge in [-0.1, -0.05) is 40.9 Å². The van der Waals surface area contributed by atoms with Crippen LogP contribution in [0.2, 0.25) is 15.1 Å². The van der Waals surface area contributed by atoms with Crippen molar-refractivity contribution in [3.05, 3.63) is 73.6 Å². The second-order valence-electron chi connectivity index (χ2n) is 5.39. The summed E-state index contributed by atoms with van der Waals surface area (Å²) in [6.45, 7) is 1.91. The average Bonchev–Trinajstić information content (AvgIpc) is 3.08. The molecular formula is C19H12Cl3N3S. The first-order chi connectivity index (χ1) is 12.5. The van der Waals surface area contributed by atoms with Crippen LogP contribution in [0.5, 0.6) is 0 Å². The number of benzene rings is 2. The highest BCUT2D eigenvalue weighted by Gasteiger charge is 2.12. The van der Waals surface area contributed by atoms with Crippen LogP contribution < -0.4 is 5.32 Å². The van der Waals surface area contributed by atoms with E-state index in [1.165, 1.54) is 11.3 Å². The Morgan fingerprint density at radius 1 is 1.19 bits per heavy atom. The standard InChI is InChI=1S/C19H12Cl3N3S/c1-11-15(21)3-2-4-17(11)24-9-12(8-23)19-25-18(10-26-19)14-6-5-13(20)7-16(14)22/h2-7,9-10,24H,1H3. The minimum Gasteiger partial charge on any atom is -0.360 e. The van der Waals surface area contributed by atoms with E-state index in [1.54, 1.807) is 18.3 Å². The molecule has 0 aliphatic rings. The smallest absolute Gasteiger partial charge is 0.136 e. The molecule has 3 aromatic rings. The third-order valence-electron chi connectivity index (χ3n) is 3.70. The van der Waals surface area contributed by atoms with Gasteiger partial charge in [0.05, 0.1) is 10.7 Å². The summed E-state index contributed by atoms with van der Waals surface area (Å²) in [4.78, 5) is 4.53. The SMILES string of the molecule is Cc1c(Cl)cccc1NC=C(C#N)c1nc(-c2ccc(Cl)cc2Cl)cs1. The molecule has 2 aromatic carbocycles. The highest BCUT2D eigenvalue weighted by Crippen LogP contribution is 2.32. The minimum atomic E-state index is 0.422. The Hall–Kier alpha value is -2.03. The van der Waals surface area contributed by atoms with E-state index in [0.717, 1.165) is 16.8 Å². The molecule has 7 heteroatoms. The molecule has 0 atom stereocenters. The zero-order valence-corrected chi connectivity index (χ0v) is 16.6. The predicted molar refractivity (Wildman–Crippen MR) is 111 cm³/mol. The van der Waals surface area contributed by atoms with Gasteiger partial charge in [0.25, 0.3) is 0 Å². The summed E-state index contributed by atoms with van der Waals surface area (Å²) in [7, 11) is 0. The monoisotopic (exact) mass is 419 g/mol. The first kappa shape index (κ1) is 18.8. The molecule has 3 rings (SSSR count). The third-order valence-corrected chi connectivity index (χ3v) is 5.53. The molecule has 0 bridgehead atoms. The second-order valence-corrected chi connectivity index (χ2v) is 7.50. The van der Waals surface area contributed by atoms with Gasteiger partial charge in [0.2, 0.25) is 0 Å². The maximum atomic E-state index is 9.49. The first-order valence-electron chi connectivity index (χ1n) is 7.53. The van der Waals surface area contributed by atoms with Gasteiger partial charge in [-0.2, -0.15) is 5.26 Å². The van der Waals surface area contributed by atoms with Crippen LogP contribution >= 0.6 is 46.1 Å². The van der Waals surface area contributed by atoms with E-state index in [9.17, 15) is 5.26 Å². The fourth-order valence-electron chi connectivity index (χ4n) is 2.27. The van der Waals surface area contributed by atoms with Gasteiger partial charge in [-0.05, 0) is 42.8 Å². The van der Waals surface area contributed by atoms with Gasteiger partial charge in [-0.3, -0.25) is 0 Å². The fraction of sp³-hybridized carbons (Fsp3) is 0.0526. The molecule has 26 heavy (non-hydrogen) atoms. The van der Waals surface area contributed by atoms with E-state index in [1.807, 2.05) is 36.6 Å². The highest BCUT2D eigenvalue weighted by atomic mass is 35.5. The zero-order chi connectivity index (χ0) is 18.7. The molecule has 0 aliphatic carbocycles. The number of anilines is 1. The maximum absolute atomic E-state index is 9.49. The molecular weight excluding hydrogens is 409 g/mol. The van der Waals surface area contributed by atoms with Crippen molar-refractivity contribution < 1.29 is 0 Å². The zero-order valence-electron chi connectivity index (χ0n) is 13.6. The Morgan fingerprint density at radius 3 is 2.73 bits per heavy atom. The molecule has 0 fully saturated rings. The summed E-state index contributed by atoms with van der Waals surface area (Å²) < 4.78 is 0. The maximum Gasteiger partial charge on any atom is 0.136 e. The van der Waals surface area contributed by atoms with Crippen LogP contribution in [0, 0.1) is 18.3 Å². The summed E-state index contributed by atoms with van der Waals surface area (Å²) in [6.07, 6.45) is 1.63. The van der Waals surface area contributed by atoms with Crippen molar-refractivity contribution >= 4 is 57.4 Å². The largest absolute Gasteiger partial charge is 0.360 e. The molecule has 0 saturated heterocycles. The number of hydrogen-bond donors (Lipinski definition) is 1. The van der Waals surface area contributed by atoms with E-state index in [0.29, 0.717) is 31.3 Å². The average molecular weight is 421 g/mol. The lowest BCUT2D eigenvalue weighted by Gasteiger charge is -2.07. The summed E-state index contributed by atoms with van der Waals surface area (Å²) in [5, 5.41) is 16.8. The highest BCUT2D eigenvalue weighted by molar-refractivity contribution is 7.11. The Kier molecular flexibility index (Phi) is 5.85. The van der Waals surface area contributed by atoms with Gasteiger partial charge in [-0.25, -0.2) is 4.98 Å². The molecule has 3 nitrogen and oxygen atoms in total. The number of nitrogens with zero attached hydrogens (tertiary/aromatic N) is 2. The molecule has 0 radical (unpaired) electrons. The van der Waals surface area contributed by atoms with Gasteiger partial charge < -0.3 is 5.32 Å². The summed E-state index contributed by atoms with van der Waals surface area (Å²) in [5.41, 5.74) is 3.64. The topological polar surface area (TPSA) is 48.7 Å². The fourth-order valence-corrected chi connectivity index (χ4v) is 3.74. The number of rotatable bonds is 4. The Morgan fingerprint density at radius 2 is 2.00 bits per heavy atom. The number of nitrogens with one attached hydrogen (secondary N) is 1. The van der Waals surface area contributed by atoms with Gasteiger partial charge >= 0.3 is 0 Å². The number of thiazole rings is 1. The van der Waals surface area contributed by atoms with Crippen LogP contribution in [0.1, 0.15) is 10.6 Å². The van der Waals surface area contributed by atoms with Crippen molar-refractivity contribution in [1.82, 2.24) is 4.98 Å². The van der Waals surface area contributed by atoms with Crippen LogP contribution in [0.15, 0.2) is 48.0 Å². The molecule has 0 saturated carbocycles. The number of hydrogen-bond acceptors (Lipinski definition) is 4. The Labute approximate surface area is 170 Å². The van der Waals surface area contributed by atoms with E-state index in [-0.39, 0.29) is 0 Å². The molecule has 1 heterocycles. The van der Waals surface area contributed by atoms with Crippen LogP contribution in [0.25, 0.3) is 16.8 Å². The van der Waals surface area contributed by atoms with Crippen molar-refractivity contribution in [1.29, 1.82) is 5.26 Å². The lowest BCUT2D eigenvalue weighted by atomic mass is 10.2. The summed E-state index contributed by atoms with van der Waals surface area (Å²) in [6, 6.07) is 13.0. The van der Waals surface area contributed by atoms with Gasteiger partial charge in [0.1, 0.15) is 16.6 Å². The lowest BCUT2D eigenvalue weighted by molar-refractivity contribution is 1.36. The molecule has 0 amide bonds. The number of nitriles is 1. The van der Waals surface area contributed by atoms with Crippen molar-refractivity contribution in [2.45, 2.75) is 6.92 Å². The normalized spacial score (nSPS) is 11.3. The van der Waals surface area contributed by atoms with E-state index in [2.05, 4.69) is 16.4 Å². The molecule has 0 spiro atoms. The summed E-state index contributed by atoms with van der Waals surface area (Å²) >= 11 is 19.7. The number of allylic oxidation sites excluding steroid dienone is 1. The van der Waals surface area contributed by atoms with Gasteiger partial charge in [-0.15, -0.1) is 11.3 Å². The quantitative estimate of drug-likeness (QED) is 0.460. The minimum absolute atomic E-state index is 0.422. The van der Waals surface area contributed by atoms with E-state index >= 15 is 0 Å². The van der Waals surface area contributed by atoms with Crippen molar-refractivity contribution in [2.75, 3.05) is 5.32 Å². The van der Waals surface area contributed by atoms with Crippen LogP contribution in [0.3, 0.4) is 0 Å². The molecule has 0 unspecified atom stereocenters. The van der Waals surface area contributed by atoms with Gasteiger partial charge in [0, 0.05) is 32.9 Å². The summed E-state index contributed by atoms with van der Waals surface area (Å²) in [5.74, 6) is 0. The van der Waals surface area contributed by atoms with Crippen LogP contribution in [0.4, 0.5) is 5.69 Å². The van der Waals surface area contributed by atoms with E-state index in [4.69, 9.17) is 34.8 Å². The van der Waals surface area contributed by atoms with E-state index < -0.39 is 0 Å². The van der Waals surface area contributed by atoms with Gasteiger partial charge in [0.15, 0.2) is 0 Å². The van der Waals surface area contributed by atoms with Crippen LogP contribution in [-0.4, -0.2) is 4.98 Å². The third kappa shape index (κ3) is 4.03. The first-order valence-corrected chi connectivity index (χ1v) is 9.54. The number of aromatic nitrogens is 1. The molecule has 0 aliphatic heterocycles. The van der Waals surface area contributed by atoms with Crippen molar-refractivity contribution in [3.8, 4) is 17.3 Å². The predicted octanol–water partition coefficient (Wildman–Crippen LogP) is 7.06. The van der Waals surface area contributed by atoms with Crippen LogP contribution in [-0.2, 0) is 0 Å². The lowest BCUT2D eigenvalue weighted by Crippen LogP contribution is -1.94. The van der Waals surface area contributed by atoms with Crippen molar-refractivity contribution in [3.63, 3.8) is 0 Å². The number of halogens is 3. The Bertz CT molecular complexity index is 1030. The molecule has 1 aromatic heterocycles. The molecule has 1 N–H and O–H groups in total. The van der Waals surface area contributed by atoms with Crippen molar-refractivity contribution in [2.24, 2.45) is 0 Å². The Balaban J connectivity index is 1.89. The molecule has 130 valence electrons. The second kappa shape index (κ2) is 8.11.